The molecule has 128 valence electrons. The molecule has 1 N–H and O–H groups in total. The molecule has 2 aromatic carbocycles. The van der Waals surface area contributed by atoms with Gasteiger partial charge in [0, 0.05) is 16.0 Å². The van der Waals surface area contributed by atoms with Crippen LogP contribution in [-0.4, -0.2) is 18.0 Å². The Labute approximate surface area is 155 Å². The zero-order chi connectivity index (χ0) is 17.8. The zero-order valence-corrected chi connectivity index (χ0v) is 15.4. The lowest BCUT2D eigenvalue weighted by atomic mass is 10.1. The van der Waals surface area contributed by atoms with Crippen LogP contribution in [0.2, 0.25) is 5.02 Å². The predicted molar refractivity (Wildman–Crippen MR) is 103 cm³/mol. The maximum absolute atomic E-state index is 12.2. The molecule has 0 unspecified atom stereocenters. The number of ether oxygens (including phenoxy) is 1. The third-order valence-corrected chi connectivity index (χ3v) is 4.72. The Hall–Kier alpha value is -2.37. The summed E-state index contributed by atoms with van der Waals surface area (Å²) >= 11 is 7.30. The van der Waals surface area contributed by atoms with Crippen LogP contribution < -0.4 is 10.1 Å². The van der Waals surface area contributed by atoms with Crippen LogP contribution in [0.4, 0.5) is 5.13 Å². The van der Waals surface area contributed by atoms with Gasteiger partial charge in [0.1, 0.15) is 5.75 Å². The first-order chi connectivity index (χ1) is 12.0. The van der Waals surface area contributed by atoms with Crippen LogP contribution in [0.15, 0.2) is 47.8 Å². The van der Waals surface area contributed by atoms with Crippen molar-refractivity contribution in [1.29, 1.82) is 0 Å². The van der Waals surface area contributed by atoms with Gasteiger partial charge >= 0.3 is 0 Å². The van der Waals surface area contributed by atoms with E-state index in [1.165, 1.54) is 11.3 Å². The quantitative estimate of drug-likeness (QED) is 0.688. The summed E-state index contributed by atoms with van der Waals surface area (Å²) in [6, 6.07) is 13.2. The number of anilines is 1. The molecule has 4 nitrogen and oxygen atoms in total. The average Bonchev–Trinajstić information content (AvgIpc) is 3.04. The summed E-state index contributed by atoms with van der Waals surface area (Å²) in [5.41, 5.74) is 3.72. The third-order valence-electron chi connectivity index (χ3n) is 3.71. The number of carbonyl (C=O) groups excluding carboxylic acids is 1. The lowest BCUT2D eigenvalue weighted by molar-refractivity contribution is -0.115. The number of hydrogen-bond donors (Lipinski definition) is 1. The van der Waals surface area contributed by atoms with E-state index in [4.69, 9.17) is 16.3 Å². The molecule has 6 heteroatoms. The summed E-state index contributed by atoms with van der Waals surface area (Å²) < 4.78 is 5.24. The van der Waals surface area contributed by atoms with Crippen molar-refractivity contribution in [3.63, 3.8) is 0 Å². The van der Waals surface area contributed by atoms with Gasteiger partial charge in [-0.1, -0.05) is 35.9 Å². The first-order valence-electron chi connectivity index (χ1n) is 7.70. The number of halogens is 1. The number of thiazole rings is 1. The SMILES string of the molecule is COc1ccc(CC(=O)Nc2nc(-c3ccc(Cl)cc3)cs2)cc1C. The summed E-state index contributed by atoms with van der Waals surface area (Å²) in [6.07, 6.45) is 0.292. The van der Waals surface area contributed by atoms with Crippen LogP contribution in [0.25, 0.3) is 11.3 Å². The molecular formula is C19H17ClN2O2S. The van der Waals surface area contributed by atoms with Crippen LogP contribution in [0, 0.1) is 6.92 Å². The second-order valence-electron chi connectivity index (χ2n) is 5.57. The van der Waals surface area contributed by atoms with E-state index in [0.29, 0.717) is 16.6 Å². The van der Waals surface area contributed by atoms with Crippen molar-refractivity contribution in [2.45, 2.75) is 13.3 Å². The smallest absolute Gasteiger partial charge is 0.230 e. The van der Waals surface area contributed by atoms with E-state index >= 15 is 0 Å². The van der Waals surface area contributed by atoms with Crippen molar-refractivity contribution in [2.24, 2.45) is 0 Å². The highest BCUT2D eigenvalue weighted by atomic mass is 35.5. The minimum Gasteiger partial charge on any atom is -0.496 e. The third kappa shape index (κ3) is 4.38. The van der Waals surface area contributed by atoms with Gasteiger partial charge in [-0.2, -0.15) is 0 Å². The van der Waals surface area contributed by atoms with Gasteiger partial charge in [0.15, 0.2) is 5.13 Å². The number of nitrogens with one attached hydrogen (secondary N) is 1. The van der Waals surface area contributed by atoms with Crippen molar-refractivity contribution in [1.82, 2.24) is 4.98 Å². The molecule has 0 fully saturated rings. The topological polar surface area (TPSA) is 51.2 Å². The van der Waals surface area contributed by atoms with Gasteiger partial charge in [-0.25, -0.2) is 4.98 Å². The van der Waals surface area contributed by atoms with E-state index in [1.807, 2.05) is 54.8 Å². The first kappa shape index (κ1) is 17.5. The lowest BCUT2D eigenvalue weighted by Crippen LogP contribution is -2.14. The van der Waals surface area contributed by atoms with Gasteiger partial charge in [0.25, 0.3) is 0 Å². The Kier molecular flexibility index (Phi) is 5.36. The molecule has 3 aromatic rings. The molecule has 0 spiro atoms. The highest BCUT2D eigenvalue weighted by Gasteiger charge is 2.10. The number of carbonyl (C=O) groups is 1. The minimum absolute atomic E-state index is 0.0958. The van der Waals surface area contributed by atoms with E-state index in [9.17, 15) is 4.79 Å². The Balaban J connectivity index is 1.65. The molecule has 0 saturated heterocycles. The summed E-state index contributed by atoms with van der Waals surface area (Å²) in [5.74, 6) is 0.721. The van der Waals surface area contributed by atoms with E-state index in [-0.39, 0.29) is 5.91 Å². The molecule has 0 aliphatic rings. The number of rotatable bonds is 5. The number of benzene rings is 2. The van der Waals surface area contributed by atoms with Crippen molar-refractivity contribution in [3.05, 3.63) is 64.0 Å². The molecule has 1 amide bonds. The second kappa shape index (κ2) is 7.68. The molecule has 1 aromatic heterocycles. The Bertz CT molecular complexity index is 891. The molecule has 25 heavy (non-hydrogen) atoms. The van der Waals surface area contributed by atoms with Crippen LogP contribution in [-0.2, 0) is 11.2 Å². The fourth-order valence-corrected chi connectivity index (χ4v) is 3.35. The van der Waals surface area contributed by atoms with Gasteiger partial charge in [-0.3, -0.25) is 4.79 Å². The van der Waals surface area contributed by atoms with Gasteiger partial charge < -0.3 is 10.1 Å². The van der Waals surface area contributed by atoms with Crippen molar-refractivity contribution in [3.8, 4) is 17.0 Å². The maximum atomic E-state index is 12.2. The fourth-order valence-electron chi connectivity index (χ4n) is 2.48. The average molecular weight is 373 g/mol. The van der Waals surface area contributed by atoms with E-state index in [2.05, 4.69) is 10.3 Å². The molecule has 0 bridgehead atoms. The van der Waals surface area contributed by atoms with Gasteiger partial charge in [-0.05, 0) is 36.2 Å². The molecule has 1 heterocycles. The molecule has 0 radical (unpaired) electrons. The van der Waals surface area contributed by atoms with Crippen molar-refractivity contribution >= 4 is 34.0 Å². The van der Waals surface area contributed by atoms with Crippen LogP contribution in [0.3, 0.4) is 0 Å². The molecule has 0 aliphatic heterocycles. The summed E-state index contributed by atoms with van der Waals surface area (Å²) in [6.45, 7) is 1.96. The van der Waals surface area contributed by atoms with Gasteiger partial charge in [0.2, 0.25) is 5.91 Å². The van der Waals surface area contributed by atoms with Crippen LogP contribution in [0.5, 0.6) is 5.75 Å². The monoisotopic (exact) mass is 372 g/mol. The van der Waals surface area contributed by atoms with Crippen LogP contribution >= 0.6 is 22.9 Å². The normalized spacial score (nSPS) is 10.5. The first-order valence-corrected chi connectivity index (χ1v) is 8.96. The van der Waals surface area contributed by atoms with E-state index in [1.54, 1.807) is 7.11 Å². The number of aromatic nitrogens is 1. The number of methoxy groups -OCH3 is 1. The minimum atomic E-state index is -0.0958. The Morgan fingerprint density at radius 3 is 2.68 bits per heavy atom. The standard InChI is InChI=1S/C19H17ClN2O2S/c1-12-9-13(3-8-17(12)24-2)10-18(23)22-19-21-16(11-25-19)14-4-6-15(20)7-5-14/h3-9,11H,10H2,1-2H3,(H,21,22,23). The molecule has 0 saturated carbocycles. The van der Waals surface area contributed by atoms with E-state index < -0.39 is 0 Å². The molecule has 0 aliphatic carbocycles. The number of amides is 1. The Morgan fingerprint density at radius 1 is 1.24 bits per heavy atom. The zero-order valence-electron chi connectivity index (χ0n) is 13.9. The highest BCUT2D eigenvalue weighted by molar-refractivity contribution is 7.14. The number of aryl methyl sites for hydroxylation is 1. The summed E-state index contributed by atoms with van der Waals surface area (Å²) in [5, 5.41) is 6.03. The fraction of sp³-hybridized carbons (Fsp3) is 0.158. The molecular weight excluding hydrogens is 356 g/mol. The maximum Gasteiger partial charge on any atom is 0.230 e. The predicted octanol–water partition coefficient (Wildman–Crippen LogP) is 4.96. The largest absolute Gasteiger partial charge is 0.496 e. The van der Waals surface area contributed by atoms with Crippen molar-refractivity contribution < 1.29 is 9.53 Å². The van der Waals surface area contributed by atoms with Gasteiger partial charge in [0.05, 0.1) is 19.2 Å². The second-order valence-corrected chi connectivity index (χ2v) is 6.87. The van der Waals surface area contributed by atoms with E-state index in [0.717, 1.165) is 28.1 Å². The highest BCUT2D eigenvalue weighted by Crippen LogP contribution is 2.26. The number of nitrogens with zero attached hydrogens (tertiary/aromatic N) is 1. The Morgan fingerprint density at radius 2 is 2.00 bits per heavy atom. The summed E-state index contributed by atoms with van der Waals surface area (Å²) in [4.78, 5) is 16.7. The van der Waals surface area contributed by atoms with Crippen molar-refractivity contribution in [2.75, 3.05) is 12.4 Å². The number of hydrogen-bond acceptors (Lipinski definition) is 4. The van der Waals surface area contributed by atoms with Crippen LogP contribution in [0.1, 0.15) is 11.1 Å². The lowest BCUT2D eigenvalue weighted by Gasteiger charge is -2.07. The molecule has 0 atom stereocenters. The van der Waals surface area contributed by atoms with Gasteiger partial charge in [-0.15, -0.1) is 11.3 Å². The molecule has 3 rings (SSSR count). The summed E-state index contributed by atoms with van der Waals surface area (Å²) in [7, 11) is 1.63.